The SMILES string of the molecule is CN(Cc1ccccc1)c1ncnc(NNC(=O)c2ccccc2F)c1[N+](=O)[O-]. The van der Waals surface area contributed by atoms with Crippen LogP contribution in [-0.2, 0) is 6.54 Å². The maximum Gasteiger partial charge on any atom is 0.355 e. The highest BCUT2D eigenvalue weighted by atomic mass is 19.1. The van der Waals surface area contributed by atoms with Gasteiger partial charge in [0.2, 0.25) is 11.6 Å². The standard InChI is InChI=1S/C19H17FN6O3/c1-25(11-13-7-3-2-4-8-13)18-16(26(28)29)17(21-12-22-18)23-24-19(27)14-9-5-6-10-15(14)20/h2-10,12H,11H2,1H3,(H,24,27)(H,21,22,23). The molecule has 0 atom stereocenters. The largest absolute Gasteiger partial charge is 0.355 e. The molecule has 3 rings (SSSR count). The second-order valence-corrected chi connectivity index (χ2v) is 6.05. The number of halogens is 1. The Balaban J connectivity index is 1.82. The molecule has 2 N–H and O–H groups in total. The van der Waals surface area contributed by atoms with Crippen LogP contribution in [0.5, 0.6) is 0 Å². The Hall–Kier alpha value is -4.08. The Labute approximate surface area is 165 Å². The van der Waals surface area contributed by atoms with Crippen molar-refractivity contribution in [3.63, 3.8) is 0 Å². The van der Waals surface area contributed by atoms with E-state index in [9.17, 15) is 19.3 Å². The fourth-order valence-corrected chi connectivity index (χ4v) is 2.67. The van der Waals surface area contributed by atoms with Crippen molar-refractivity contribution in [3.8, 4) is 0 Å². The monoisotopic (exact) mass is 396 g/mol. The van der Waals surface area contributed by atoms with Crippen LogP contribution in [0.1, 0.15) is 15.9 Å². The number of hydrazine groups is 1. The average molecular weight is 396 g/mol. The molecule has 0 bridgehead atoms. The van der Waals surface area contributed by atoms with Crippen LogP contribution in [0, 0.1) is 15.9 Å². The minimum atomic E-state index is -0.796. The molecule has 9 nitrogen and oxygen atoms in total. The van der Waals surface area contributed by atoms with Crippen molar-refractivity contribution in [2.24, 2.45) is 0 Å². The molecule has 1 heterocycles. The first kappa shape index (κ1) is 19.7. The lowest BCUT2D eigenvalue weighted by atomic mass is 10.2. The van der Waals surface area contributed by atoms with E-state index in [1.165, 1.54) is 18.2 Å². The van der Waals surface area contributed by atoms with Crippen LogP contribution in [-0.4, -0.2) is 27.8 Å². The number of hydrogen-bond acceptors (Lipinski definition) is 7. The molecule has 0 aliphatic rings. The molecular weight excluding hydrogens is 379 g/mol. The Morgan fingerprint density at radius 1 is 1.14 bits per heavy atom. The number of benzene rings is 2. The van der Waals surface area contributed by atoms with Crippen LogP contribution in [0.2, 0.25) is 0 Å². The van der Waals surface area contributed by atoms with Gasteiger partial charge in [0.15, 0.2) is 0 Å². The number of carbonyl (C=O) groups is 1. The molecule has 0 saturated carbocycles. The van der Waals surface area contributed by atoms with Crippen LogP contribution in [0.15, 0.2) is 60.9 Å². The summed E-state index contributed by atoms with van der Waals surface area (Å²) >= 11 is 0. The molecular formula is C19H17FN6O3. The summed E-state index contributed by atoms with van der Waals surface area (Å²) in [6.07, 6.45) is 1.14. The first-order valence-electron chi connectivity index (χ1n) is 8.52. The first-order valence-corrected chi connectivity index (χ1v) is 8.52. The molecule has 3 aromatic rings. The fourth-order valence-electron chi connectivity index (χ4n) is 2.67. The van der Waals surface area contributed by atoms with E-state index in [2.05, 4.69) is 20.8 Å². The molecule has 0 spiro atoms. The third kappa shape index (κ3) is 4.61. The summed E-state index contributed by atoms with van der Waals surface area (Å²) in [5.74, 6) is -1.66. The molecule has 0 aliphatic carbocycles. The topological polar surface area (TPSA) is 113 Å². The van der Waals surface area contributed by atoms with E-state index in [1.807, 2.05) is 30.3 Å². The van der Waals surface area contributed by atoms with E-state index in [-0.39, 0.29) is 17.2 Å². The average Bonchev–Trinajstić information content (AvgIpc) is 2.72. The maximum absolute atomic E-state index is 13.7. The highest BCUT2D eigenvalue weighted by molar-refractivity contribution is 5.95. The number of nitrogens with one attached hydrogen (secondary N) is 2. The van der Waals surface area contributed by atoms with Crippen molar-refractivity contribution < 1.29 is 14.1 Å². The number of carbonyl (C=O) groups excluding carboxylic acids is 1. The lowest BCUT2D eigenvalue weighted by Crippen LogP contribution is -2.31. The van der Waals surface area contributed by atoms with Gasteiger partial charge in [-0.25, -0.2) is 14.4 Å². The molecule has 148 valence electrons. The number of nitrogens with zero attached hydrogens (tertiary/aromatic N) is 4. The van der Waals surface area contributed by atoms with Gasteiger partial charge in [0.25, 0.3) is 5.91 Å². The molecule has 10 heteroatoms. The summed E-state index contributed by atoms with van der Waals surface area (Å²) in [6, 6.07) is 14.8. The molecule has 0 fully saturated rings. The van der Waals surface area contributed by atoms with Gasteiger partial charge in [-0.1, -0.05) is 42.5 Å². The number of amides is 1. The number of aromatic nitrogens is 2. The van der Waals surface area contributed by atoms with Crippen LogP contribution < -0.4 is 15.8 Å². The summed E-state index contributed by atoms with van der Waals surface area (Å²) in [4.78, 5) is 32.6. The van der Waals surface area contributed by atoms with Crippen molar-refractivity contribution in [2.75, 3.05) is 17.4 Å². The number of rotatable bonds is 7. The van der Waals surface area contributed by atoms with E-state index in [0.717, 1.165) is 18.0 Å². The predicted molar refractivity (Wildman–Crippen MR) is 105 cm³/mol. The normalized spacial score (nSPS) is 10.3. The third-order valence-electron chi connectivity index (χ3n) is 4.02. The summed E-state index contributed by atoms with van der Waals surface area (Å²) in [5, 5.41) is 11.7. The van der Waals surface area contributed by atoms with E-state index in [0.29, 0.717) is 6.54 Å². The summed E-state index contributed by atoms with van der Waals surface area (Å²) < 4.78 is 13.7. The van der Waals surface area contributed by atoms with Crippen LogP contribution >= 0.6 is 0 Å². The molecule has 29 heavy (non-hydrogen) atoms. The van der Waals surface area contributed by atoms with E-state index in [4.69, 9.17) is 0 Å². The Kier molecular flexibility index (Phi) is 5.93. The van der Waals surface area contributed by atoms with E-state index < -0.39 is 22.3 Å². The lowest BCUT2D eigenvalue weighted by molar-refractivity contribution is -0.383. The van der Waals surface area contributed by atoms with E-state index in [1.54, 1.807) is 11.9 Å². The van der Waals surface area contributed by atoms with Crippen molar-refractivity contribution in [1.82, 2.24) is 15.4 Å². The van der Waals surface area contributed by atoms with Gasteiger partial charge >= 0.3 is 5.69 Å². The molecule has 2 aromatic carbocycles. The minimum Gasteiger partial charge on any atom is -0.349 e. The first-order chi connectivity index (χ1) is 14.0. The quantitative estimate of drug-likeness (QED) is 0.466. The minimum absolute atomic E-state index is 0.0662. The highest BCUT2D eigenvalue weighted by Gasteiger charge is 2.26. The lowest BCUT2D eigenvalue weighted by Gasteiger charge is -2.19. The zero-order chi connectivity index (χ0) is 20.8. The summed E-state index contributed by atoms with van der Waals surface area (Å²) in [7, 11) is 1.66. The number of anilines is 2. The van der Waals surface area contributed by atoms with Gasteiger partial charge in [-0.2, -0.15) is 0 Å². The molecule has 1 aromatic heterocycles. The Morgan fingerprint density at radius 3 is 2.52 bits per heavy atom. The molecule has 0 unspecified atom stereocenters. The molecule has 1 amide bonds. The van der Waals surface area contributed by atoms with Crippen molar-refractivity contribution in [1.29, 1.82) is 0 Å². The third-order valence-corrected chi connectivity index (χ3v) is 4.02. The van der Waals surface area contributed by atoms with Gasteiger partial charge in [0.1, 0.15) is 12.1 Å². The van der Waals surface area contributed by atoms with Gasteiger partial charge < -0.3 is 4.90 Å². The van der Waals surface area contributed by atoms with Crippen molar-refractivity contribution in [2.45, 2.75) is 6.54 Å². The fraction of sp³-hybridized carbons (Fsp3) is 0.105. The maximum atomic E-state index is 13.7. The van der Waals surface area contributed by atoms with Crippen molar-refractivity contribution >= 4 is 23.2 Å². The Morgan fingerprint density at radius 2 is 1.83 bits per heavy atom. The van der Waals surface area contributed by atoms with Crippen LogP contribution in [0.4, 0.5) is 21.7 Å². The molecule has 0 radical (unpaired) electrons. The second-order valence-electron chi connectivity index (χ2n) is 6.05. The van der Waals surface area contributed by atoms with Gasteiger partial charge in [-0.3, -0.25) is 25.8 Å². The number of hydrogen-bond donors (Lipinski definition) is 2. The summed E-state index contributed by atoms with van der Waals surface area (Å²) in [6.45, 7) is 0.375. The zero-order valence-electron chi connectivity index (χ0n) is 15.4. The zero-order valence-corrected chi connectivity index (χ0v) is 15.4. The van der Waals surface area contributed by atoms with Crippen molar-refractivity contribution in [3.05, 3.63) is 88.0 Å². The second kappa shape index (κ2) is 8.74. The Bertz CT molecular complexity index is 1030. The smallest absolute Gasteiger partial charge is 0.349 e. The van der Waals surface area contributed by atoms with Gasteiger partial charge in [0, 0.05) is 13.6 Å². The van der Waals surface area contributed by atoms with E-state index >= 15 is 0 Å². The molecule has 0 saturated heterocycles. The highest BCUT2D eigenvalue weighted by Crippen LogP contribution is 2.31. The van der Waals surface area contributed by atoms with Gasteiger partial charge in [0.05, 0.1) is 10.5 Å². The predicted octanol–water partition coefficient (Wildman–Crippen LogP) is 2.92. The van der Waals surface area contributed by atoms with Crippen LogP contribution in [0.25, 0.3) is 0 Å². The van der Waals surface area contributed by atoms with Gasteiger partial charge in [-0.05, 0) is 17.7 Å². The van der Waals surface area contributed by atoms with Crippen LogP contribution in [0.3, 0.4) is 0 Å². The van der Waals surface area contributed by atoms with Gasteiger partial charge in [-0.15, -0.1) is 0 Å². The summed E-state index contributed by atoms with van der Waals surface area (Å²) in [5.41, 5.74) is 4.93. The number of nitro groups is 1. The molecule has 0 aliphatic heterocycles.